The molecule has 0 heterocycles. The van der Waals surface area contributed by atoms with Gasteiger partial charge in [0.15, 0.2) is 6.29 Å². The van der Waals surface area contributed by atoms with Crippen LogP contribution in [0.2, 0.25) is 0 Å². The van der Waals surface area contributed by atoms with Crippen molar-refractivity contribution in [3.05, 3.63) is 42.0 Å². The summed E-state index contributed by atoms with van der Waals surface area (Å²) < 4.78 is 5.75. The minimum atomic E-state index is -0.814. The average molecular weight is 288 g/mol. The molecule has 0 saturated carbocycles. The van der Waals surface area contributed by atoms with Gasteiger partial charge in [-0.1, -0.05) is 50.6 Å². The molecule has 2 rings (SSSR count). The van der Waals surface area contributed by atoms with Crippen LogP contribution in [-0.4, -0.2) is 16.5 Å². The van der Waals surface area contributed by atoms with Crippen LogP contribution in [0, 0.1) is 5.92 Å². The van der Waals surface area contributed by atoms with E-state index in [0.29, 0.717) is 5.75 Å². The first-order chi connectivity index (χ1) is 10.0. The van der Waals surface area contributed by atoms with Gasteiger partial charge in [-0.15, -0.1) is 0 Å². The van der Waals surface area contributed by atoms with Crippen molar-refractivity contribution in [2.75, 3.05) is 0 Å². The highest BCUT2D eigenvalue weighted by molar-refractivity contribution is 5.91. The number of ether oxygens (including phenoxy) is 1. The Hall–Kier alpha value is -1.58. The molecule has 3 heteroatoms. The van der Waals surface area contributed by atoms with Gasteiger partial charge in [-0.3, -0.25) is 0 Å². The summed E-state index contributed by atoms with van der Waals surface area (Å²) in [5, 5.41) is 21.9. The van der Waals surface area contributed by atoms with Gasteiger partial charge in [0.1, 0.15) is 5.75 Å². The third-order valence-electron chi connectivity index (χ3n) is 3.84. The summed E-state index contributed by atoms with van der Waals surface area (Å²) in [6.07, 6.45) is 0.590. The van der Waals surface area contributed by atoms with Crippen LogP contribution in [0.25, 0.3) is 10.8 Å². The second-order valence-corrected chi connectivity index (χ2v) is 5.65. The van der Waals surface area contributed by atoms with Crippen LogP contribution < -0.4 is 4.74 Å². The Morgan fingerprint density at radius 2 is 1.67 bits per heavy atom. The van der Waals surface area contributed by atoms with Gasteiger partial charge in [-0.05, 0) is 30.4 Å². The molecule has 21 heavy (non-hydrogen) atoms. The fourth-order valence-electron chi connectivity index (χ4n) is 2.62. The van der Waals surface area contributed by atoms with E-state index in [1.165, 1.54) is 0 Å². The van der Waals surface area contributed by atoms with Crippen LogP contribution in [0.1, 0.15) is 45.3 Å². The molecule has 2 aromatic rings. The Morgan fingerprint density at radius 3 is 2.33 bits per heavy atom. The molecule has 0 saturated heterocycles. The van der Waals surface area contributed by atoms with Crippen LogP contribution in [-0.2, 0) is 0 Å². The maximum atomic E-state index is 10.2. The highest BCUT2D eigenvalue weighted by atomic mass is 16.6. The van der Waals surface area contributed by atoms with E-state index in [1.807, 2.05) is 43.3 Å². The Bertz CT molecular complexity index is 592. The summed E-state index contributed by atoms with van der Waals surface area (Å²) in [6, 6.07) is 11.5. The summed E-state index contributed by atoms with van der Waals surface area (Å²) in [5.74, 6) is 0.746. The van der Waals surface area contributed by atoms with Gasteiger partial charge in [0.2, 0.25) is 0 Å². The minimum absolute atomic E-state index is 0.0882. The maximum Gasteiger partial charge on any atom is 0.199 e. The monoisotopic (exact) mass is 288 g/mol. The van der Waals surface area contributed by atoms with Crippen LogP contribution in [0.15, 0.2) is 36.4 Å². The van der Waals surface area contributed by atoms with Gasteiger partial charge in [0.25, 0.3) is 0 Å². The van der Waals surface area contributed by atoms with Crippen molar-refractivity contribution in [2.24, 2.45) is 5.92 Å². The summed E-state index contributed by atoms with van der Waals surface area (Å²) in [5.41, 5.74) is 0.869. The average Bonchev–Trinajstić information content (AvgIpc) is 2.47. The maximum absolute atomic E-state index is 10.2. The molecule has 3 atom stereocenters. The largest absolute Gasteiger partial charge is 0.464 e. The molecule has 0 amide bonds. The smallest absolute Gasteiger partial charge is 0.199 e. The summed E-state index contributed by atoms with van der Waals surface area (Å²) in [4.78, 5) is 0. The summed E-state index contributed by atoms with van der Waals surface area (Å²) >= 11 is 0. The van der Waals surface area contributed by atoms with E-state index in [-0.39, 0.29) is 5.92 Å². The molecule has 114 valence electrons. The molecule has 3 nitrogen and oxygen atoms in total. The van der Waals surface area contributed by atoms with Crippen molar-refractivity contribution in [3.8, 4) is 5.75 Å². The Morgan fingerprint density at radius 1 is 1.00 bits per heavy atom. The molecule has 3 unspecified atom stereocenters. The number of aliphatic hydroxyl groups excluding tert-OH is 2. The first-order valence-electron chi connectivity index (χ1n) is 7.59. The Kier molecular flexibility index (Phi) is 5.21. The quantitative estimate of drug-likeness (QED) is 0.789. The lowest BCUT2D eigenvalue weighted by atomic mass is 10.0. The first-order valence-corrected chi connectivity index (χ1v) is 7.59. The summed E-state index contributed by atoms with van der Waals surface area (Å²) in [7, 11) is 0. The van der Waals surface area contributed by atoms with Crippen molar-refractivity contribution in [1.82, 2.24) is 0 Å². The van der Waals surface area contributed by atoms with Crippen molar-refractivity contribution < 1.29 is 14.9 Å². The number of hydrogen-bond donors (Lipinski definition) is 2. The van der Waals surface area contributed by atoms with Crippen molar-refractivity contribution in [2.45, 2.75) is 46.0 Å². The third-order valence-corrected chi connectivity index (χ3v) is 3.84. The SMILES string of the molecule is CCCC(C)C(O)Oc1cccc2c(C(C)O)cccc12. The zero-order valence-electron chi connectivity index (χ0n) is 12.9. The standard InChI is InChI=1S/C18H24O3/c1-4-7-12(2)18(20)21-17-11-6-9-15-14(13(3)19)8-5-10-16(15)17/h5-6,8-13,18-20H,4,7H2,1-3H3. The molecule has 0 bridgehead atoms. The highest BCUT2D eigenvalue weighted by Gasteiger charge is 2.17. The number of hydrogen-bond acceptors (Lipinski definition) is 3. The number of rotatable bonds is 6. The van der Waals surface area contributed by atoms with E-state index in [2.05, 4.69) is 6.92 Å². The molecule has 2 aromatic carbocycles. The molecular weight excluding hydrogens is 264 g/mol. The summed E-state index contributed by atoms with van der Waals surface area (Å²) in [6.45, 7) is 5.83. The van der Waals surface area contributed by atoms with E-state index in [4.69, 9.17) is 4.74 Å². The predicted molar refractivity (Wildman–Crippen MR) is 85.3 cm³/mol. The Balaban J connectivity index is 2.35. The van der Waals surface area contributed by atoms with Gasteiger partial charge < -0.3 is 14.9 Å². The van der Waals surface area contributed by atoms with E-state index >= 15 is 0 Å². The molecule has 0 aliphatic carbocycles. The van der Waals surface area contributed by atoms with Crippen molar-refractivity contribution in [1.29, 1.82) is 0 Å². The van der Waals surface area contributed by atoms with Crippen LogP contribution in [0.3, 0.4) is 0 Å². The lowest BCUT2D eigenvalue weighted by Crippen LogP contribution is -2.24. The molecule has 2 N–H and O–H groups in total. The van der Waals surface area contributed by atoms with Crippen molar-refractivity contribution >= 4 is 10.8 Å². The van der Waals surface area contributed by atoms with Gasteiger partial charge in [0, 0.05) is 11.3 Å². The van der Waals surface area contributed by atoms with Crippen LogP contribution in [0.4, 0.5) is 0 Å². The molecule has 0 aliphatic heterocycles. The fraction of sp³-hybridized carbons (Fsp3) is 0.444. The van der Waals surface area contributed by atoms with E-state index in [1.54, 1.807) is 6.92 Å². The van der Waals surface area contributed by atoms with Gasteiger partial charge in [0.05, 0.1) is 6.10 Å². The van der Waals surface area contributed by atoms with Crippen molar-refractivity contribution in [3.63, 3.8) is 0 Å². The second kappa shape index (κ2) is 6.92. The zero-order valence-corrected chi connectivity index (χ0v) is 12.9. The fourth-order valence-corrected chi connectivity index (χ4v) is 2.62. The first kappa shape index (κ1) is 15.8. The molecule has 0 radical (unpaired) electrons. The van der Waals surface area contributed by atoms with Gasteiger partial charge in [-0.2, -0.15) is 0 Å². The van der Waals surface area contributed by atoms with E-state index in [9.17, 15) is 10.2 Å². The van der Waals surface area contributed by atoms with Crippen LogP contribution >= 0.6 is 0 Å². The van der Waals surface area contributed by atoms with E-state index in [0.717, 1.165) is 29.2 Å². The predicted octanol–water partition coefficient (Wildman–Crippen LogP) is 4.03. The molecule has 0 fully saturated rings. The number of aliphatic hydroxyl groups is 2. The molecule has 0 aliphatic rings. The van der Waals surface area contributed by atoms with Crippen LogP contribution in [0.5, 0.6) is 5.75 Å². The number of benzene rings is 2. The lowest BCUT2D eigenvalue weighted by Gasteiger charge is -2.21. The topological polar surface area (TPSA) is 49.7 Å². The highest BCUT2D eigenvalue weighted by Crippen LogP contribution is 2.32. The zero-order chi connectivity index (χ0) is 15.4. The van der Waals surface area contributed by atoms with Gasteiger partial charge in [-0.25, -0.2) is 0 Å². The molecule has 0 aromatic heterocycles. The molecule has 0 spiro atoms. The van der Waals surface area contributed by atoms with Gasteiger partial charge >= 0.3 is 0 Å². The Labute approximate surface area is 126 Å². The van der Waals surface area contributed by atoms with E-state index < -0.39 is 12.4 Å². The molecular formula is C18H24O3. The minimum Gasteiger partial charge on any atom is -0.464 e. The lowest BCUT2D eigenvalue weighted by molar-refractivity contribution is -0.0583. The normalized spacial score (nSPS) is 15.7. The third kappa shape index (κ3) is 3.55. The number of fused-ring (bicyclic) bond motifs is 1. The second-order valence-electron chi connectivity index (χ2n) is 5.65.